The smallest absolute Gasteiger partial charge is 0.264 e. The minimum absolute atomic E-state index is 0.0338. The molecule has 6 nitrogen and oxygen atoms in total. The van der Waals surface area contributed by atoms with Crippen molar-refractivity contribution in [2.75, 3.05) is 0 Å². The van der Waals surface area contributed by atoms with Gasteiger partial charge in [-0.1, -0.05) is 26.0 Å². The van der Waals surface area contributed by atoms with E-state index in [2.05, 4.69) is 14.7 Å². The van der Waals surface area contributed by atoms with Gasteiger partial charge in [-0.3, -0.25) is 4.79 Å². The summed E-state index contributed by atoms with van der Waals surface area (Å²) in [5.41, 5.74) is 1.26. The Bertz CT molecular complexity index is 774. The van der Waals surface area contributed by atoms with E-state index >= 15 is 0 Å². The Balaban J connectivity index is 2.19. The van der Waals surface area contributed by atoms with Gasteiger partial charge >= 0.3 is 0 Å². The second kappa shape index (κ2) is 7.32. The first-order chi connectivity index (χ1) is 10.9. The standard InChI is InChI=1S/C16H19N3O3S/c1-12(2)6-7-16(20)19-23(21,22)14-5-3-4-13(10-14)15-8-9-17-11-18-15/h3-5,8-12H,6-7H2,1-2H3,(H,19,20). The van der Waals surface area contributed by atoms with Gasteiger partial charge in [-0.05, 0) is 30.5 Å². The summed E-state index contributed by atoms with van der Waals surface area (Å²) < 4.78 is 26.7. The number of aromatic nitrogens is 2. The maximum atomic E-state index is 12.3. The summed E-state index contributed by atoms with van der Waals surface area (Å²) in [6, 6.07) is 7.99. The van der Waals surface area contributed by atoms with Gasteiger partial charge in [0.25, 0.3) is 10.0 Å². The zero-order chi connectivity index (χ0) is 16.9. The van der Waals surface area contributed by atoms with E-state index in [0.29, 0.717) is 23.6 Å². The van der Waals surface area contributed by atoms with Crippen LogP contribution in [0.5, 0.6) is 0 Å². The van der Waals surface area contributed by atoms with Crippen molar-refractivity contribution < 1.29 is 13.2 Å². The molecule has 1 N–H and O–H groups in total. The highest BCUT2D eigenvalue weighted by atomic mass is 32.2. The molecule has 0 atom stereocenters. The second-order valence-corrected chi connectivity index (χ2v) is 7.27. The molecule has 0 saturated heterocycles. The molecule has 23 heavy (non-hydrogen) atoms. The topological polar surface area (TPSA) is 89.0 Å². The van der Waals surface area contributed by atoms with Crippen LogP contribution >= 0.6 is 0 Å². The lowest BCUT2D eigenvalue weighted by molar-refractivity contribution is -0.119. The summed E-state index contributed by atoms with van der Waals surface area (Å²) in [7, 11) is -3.88. The van der Waals surface area contributed by atoms with Gasteiger partial charge in [0.2, 0.25) is 5.91 Å². The van der Waals surface area contributed by atoms with Crippen LogP contribution < -0.4 is 4.72 Å². The number of amides is 1. The summed E-state index contributed by atoms with van der Waals surface area (Å²) >= 11 is 0. The van der Waals surface area contributed by atoms with E-state index in [0.717, 1.165) is 0 Å². The monoisotopic (exact) mass is 333 g/mol. The molecule has 0 aliphatic carbocycles. The molecular weight excluding hydrogens is 314 g/mol. The average molecular weight is 333 g/mol. The third-order valence-electron chi connectivity index (χ3n) is 3.22. The predicted octanol–water partition coefficient (Wildman–Crippen LogP) is 2.38. The van der Waals surface area contributed by atoms with Crippen molar-refractivity contribution in [1.82, 2.24) is 14.7 Å². The molecule has 0 bridgehead atoms. The summed E-state index contributed by atoms with van der Waals surface area (Å²) in [5, 5.41) is 0. The van der Waals surface area contributed by atoms with E-state index in [1.54, 1.807) is 24.4 Å². The molecule has 2 rings (SSSR count). The fourth-order valence-corrected chi connectivity index (χ4v) is 3.02. The first-order valence-corrected chi connectivity index (χ1v) is 8.79. The Morgan fingerprint density at radius 2 is 2.04 bits per heavy atom. The molecule has 7 heteroatoms. The second-order valence-electron chi connectivity index (χ2n) is 5.58. The number of rotatable bonds is 6. The van der Waals surface area contributed by atoms with Crippen molar-refractivity contribution in [3.63, 3.8) is 0 Å². The lowest BCUT2D eigenvalue weighted by Gasteiger charge is -2.09. The number of hydrogen-bond donors (Lipinski definition) is 1. The largest absolute Gasteiger partial charge is 0.274 e. The Labute approximate surface area is 136 Å². The number of benzene rings is 1. The number of hydrogen-bond acceptors (Lipinski definition) is 5. The van der Waals surface area contributed by atoms with Crippen LogP contribution in [0.25, 0.3) is 11.3 Å². The molecular formula is C16H19N3O3S. The van der Waals surface area contributed by atoms with Crippen molar-refractivity contribution >= 4 is 15.9 Å². The van der Waals surface area contributed by atoms with E-state index in [1.807, 2.05) is 13.8 Å². The highest BCUT2D eigenvalue weighted by molar-refractivity contribution is 7.90. The van der Waals surface area contributed by atoms with Crippen molar-refractivity contribution in [2.45, 2.75) is 31.6 Å². The van der Waals surface area contributed by atoms with Gasteiger partial charge in [0, 0.05) is 18.2 Å². The zero-order valence-corrected chi connectivity index (χ0v) is 13.9. The van der Waals surface area contributed by atoms with Gasteiger partial charge in [-0.2, -0.15) is 0 Å². The Morgan fingerprint density at radius 3 is 2.70 bits per heavy atom. The predicted molar refractivity (Wildman–Crippen MR) is 86.9 cm³/mol. The number of sulfonamides is 1. The zero-order valence-electron chi connectivity index (χ0n) is 13.1. The summed E-state index contributed by atoms with van der Waals surface area (Å²) in [6.07, 6.45) is 3.80. The summed E-state index contributed by atoms with van der Waals surface area (Å²) in [6.45, 7) is 3.96. The maximum absolute atomic E-state index is 12.3. The van der Waals surface area contributed by atoms with Crippen molar-refractivity contribution in [3.8, 4) is 11.3 Å². The van der Waals surface area contributed by atoms with Gasteiger partial charge in [0.15, 0.2) is 0 Å². The Kier molecular flexibility index (Phi) is 5.44. The molecule has 0 fully saturated rings. The van der Waals surface area contributed by atoms with Crippen molar-refractivity contribution in [2.24, 2.45) is 5.92 Å². The fourth-order valence-electron chi connectivity index (χ4n) is 1.96. The van der Waals surface area contributed by atoms with Gasteiger partial charge in [-0.25, -0.2) is 23.1 Å². The first kappa shape index (κ1) is 17.1. The van der Waals surface area contributed by atoms with Crippen LogP contribution in [-0.4, -0.2) is 24.3 Å². The van der Waals surface area contributed by atoms with Crippen LogP contribution in [0.15, 0.2) is 47.8 Å². The number of carbonyl (C=O) groups is 1. The van der Waals surface area contributed by atoms with Crippen molar-refractivity contribution in [3.05, 3.63) is 42.9 Å². The van der Waals surface area contributed by atoms with Crippen molar-refractivity contribution in [1.29, 1.82) is 0 Å². The van der Waals surface area contributed by atoms with Crippen LogP contribution in [-0.2, 0) is 14.8 Å². The van der Waals surface area contributed by atoms with E-state index in [-0.39, 0.29) is 11.3 Å². The van der Waals surface area contributed by atoms with Crippen LogP contribution in [0.4, 0.5) is 0 Å². The van der Waals surface area contributed by atoms with Gasteiger partial charge in [-0.15, -0.1) is 0 Å². The summed E-state index contributed by atoms with van der Waals surface area (Å²) in [4.78, 5) is 19.7. The molecule has 0 saturated carbocycles. The third-order valence-corrected chi connectivity index (χ3v) is 4.59. The number of carbonyl (C=O) groups excluding carboxylic acids is 1. The quantitative estimate of drug-likeness (QED) is 0.877. The molecule has 0 radical (unpaired) electrons. The number of nitrogens with zero attached hydrogens (tertiary/aromatic N) is 2. The average Bonchev–Trinajstić information content (AvgIpc) is 2.53. The molecule has 1 heterocycles. The fraction of sp³-hybridized carbons (Fsp3) is 0.312. The lowest BCUT2D eigenvalue weighted by Crippen LogP contribution is -2.30. The van der Waals surface area contributed by atoms with E-state index < -0.39 is 15.9 Å². The highest BCUT2D eigenvalue weighted by Gasteiger charge is 2.18. The van der Waals surface area contributed by atoms with E-state index in [9.17, 15) is 13.2 Å². The molecule has 1 aromatic heterocycles. The van der Waals surface area contributed by atoms with Crippen LogP contribution in [0.1, 0.15) is 26.7 Å². The minimum Gasteiger partial charge on any atom is -0.274 e. The van der Waals surface area contributed by atoms with Crippen LogP contribution in [0.2, 0.25) is 0 Å². The highest BCUT2D eigenvalue weighted by Crippen LogP contribution is 2.20. The van der Waals surface area contributed by atoms with E-state index in [1.165, 1.54) is 18.5 Å². The van der Waals surface area contributed by atoms with Gasteiger partial charge in [0.05, 0.1) is 10.6 Å². The number of nitrogens with one attached hydrogen (secondary N) is 1. The van der Waals surface area contributed by atoms with Gasteiger partial charge < -0.3 is 0 Å². The molecule has 1 amide bonds. The Hall–Kier alpha value is -2.28. The molecule has 1 aromatic carbocycles. The molecule has 0 unspecified atom stereocenters. The normalized spacial score (nSPS) is 11.4. The molecule has 122 valence electrons. The molecule has 0 aliphatic heterocycles. The third kappa shape index (κ3) is 4.85. The van der Waals surface area contributed by atoms with Crippen LogP contribution in [0.3, 0.4) is 0 Å². The maximum Gasteiger partial charge on any atom is 0.264 e. The Morgan fingerprint density at radius 1 is 1.26 bits per heavy atom. The SMILES string of the molecule is CC(C)CCC(=O)NS(=O)(=O)c1cccc(-c2ccncn2)c1. The van der Waals surface area contributed by atoms with Gasteiger partial charge in [0.1, 0.15) is 6.33 Å². The van der Waals surface area contributed by atoms with Crippen LogP contribution in [0, 0.1) is 5.92 Å². The lowest BCUT2D eigenvalue weighted by atomic mass is 10.1. The first-order valence-electron chi connectivity index (χ1n) is 7.30. The molecule has 0 aliphatic rings. The molecule has 0 spiro atoms. The minimum atomic E-state index is -3.88. The molecule has 2 aromatic rings. The summed E-state index contributed by atoms with van der Waals surface area (Å²) in [5.74, 6) is -0.157. The van der Waals surface area contributed by atoms with E-state index in [4.69, 9.17) is 0 Å².